The monoisotopic (exact) mass is 791 g/mol. The molecule has 0 aromatic carbocycles. The molecule has 10 saturated carbocycles. The maximum atomic E-state index is 2.91. The predicted molar refractivity (Wildman–Crippen MR) is 247 cm³/mol. The second-order valence-electron chi connectivity index (χ2n) is 24.8. The third kappa shape index (κ3) is 8.46. The van der Waals surface area contributed by atoms with Crippen LogP contribution in [0.3, 0.4) is 0 Å². The van der Waals surface area contributed by atoms with Crippen molar-refractivity contribution in [2.45, 2.75) is 219 Å². The maximum absolute atomic E-state index is 2.91. The Morgan fingerprint density at radius 1 is 0.224 bits per heavy atom. The third-order valence-electron chi connectivity index (χ3n) is 22.0. The molecular formula is C58H94. The molecule has 0 aromatic heterocycles. The highest BCUT2D eigenvalue weighted by Crippen LogP contribution is 2.68. The van der Waals surface area contributed by atoms with Crippen LogP contribution in [0.25, 0.3) is 0 Å². The molecule has 12 atom stereocenters. The standard InChI is InChI=1S/C58H94/c1-39-27-31-41(32-28-39)35-37-43-15-3-5-17-45(43)55-47-19-7-11-23-51(47)57(52-24-12-8-20-48(52)55)58-53-25-13-9-21-49(53)56(50-22-10-14-26-54(50)58)46-18-6-4-16-44(46)38-36-42-33-29-40(2)30-34-42/h35-58H,3-34H2,1-2H3. The average molecular weight is 791 g/mol. The number of fused-ring (bicyclic) bond motifs is 4. The van der Waals surface area contributed by atoms with Crippen LogP contribution in [0, 0.1) is 118 Å². The van der Waals surface area contributed by atoms with Gasteiger partial charge in [-0.25, -0.2) is 0 Å². The summed E-state index contributed by atoms with van der Waals surface area (Å²) in [5.74, 6) is 20.5. The largest absolute Gasteiger partial charge is 0.0851 e. The summed E-state index contributed by atoms with van der Waals surface area (Å²) in [6, 6.07) is 0. The summed E-state index contributed by atoms with van der Waals surface area (Å²) in [7, 11) is 0. The molecule has 10 aliphatic carbocycles. The molecule has 0 heterocycles. The highest BCUT2D eigenvalue weighted by atomic mass is 14.7. The van der Waals surface area contributed by atoms with Crippen LogP contribution in [0.1, 0.15) is 219 Å². The van der Waals surface area contributed by atoms with E-state index in [9.17, 15) is 0 Å². The Labute approximate surface area is 360 Å². The third-order valence-corrected chi connectivity index (χ3v) is 22.0. The Morgan fingerprint density at radius 2 is 0.466 bits per heavy atom. The molecule has 0 heteroatoms. The van der Waals surface area contributed by atoms with Gasteiger partial charge in [0.1, 0.15) is 0 Å². The quantitative estimate of drug-likeness (QED) is 0.225. The fourth-order valence-electron chi connectivity index (χ4n) is 19.6. The molecule has 0 N–H and O–H groups in total. The van der Waals surface area contributed by atoms with Crippen molar-refractivity contribution in [1.29, 1.82) is 0 Å². The fourth-order valence-corrected chi connectivity index (χ4v) is 19.6. The van der Waals surface area contributed by atoms with Crippen LogP contribution in [0.5, 0.6) is 0 Å². The minimum Gasteiger partial charge on any atom is -0.0851 e. The minimum atomic E-state index is 0.891. The molecule has 0 spiro atoms. The van der Waals surface area contributed by atoms with E-state index in [1.54, 1.807) is 128 Å². The van der Waals surface area contributed by atoms with Crippen molar-refractivity contribution in [1.82, 2.24) is 0 Å². The van der Waals surface area contributed by atoms with E-state index in [0.29, 0.717) is 0 Å². The van der Waals surface area contributed by atoms with Gasteiger partial charge in [-0.05, 0) is 221 Å². The van der Waals surface area contributed by atoms with Crippen molar-refractivity contribution >= 4 is 0 Å². The zero-order chi connectivity index (χ0) is 39.0. The lowest BCUT2D eigenvalue weighted by Gasteiger charge is -2.66. The molecule has 0 radical (unpaired) electrons. The molecule has 326 valence electrons. The molecule has 0 amide bonds. The van der Waals surface area contributed by atoms with Gasteiger partial charge in [0.2, 0.25) is 0 Å². The average Bonchev–Trinajstić information content (AvgIpc) is 3.27. The lowest BCUT2D eigenvalue weighted by molar-refractivity contribution is -0.176. The van der Waals surface area contributed by atoms with Crippen molar-refractivity contribution < 1.29 is 0 Å². The first-order valence-corrected chi connectivity index (χ1v) is 28.0. The molecule has 10 aliphatic rings. The molecule has 0 aromatic rings. The van der Waals surface area contributed by atoms with E-state index in [2.05, 4.69) is 38.2 Å². The second-order valence-corrected chi connectivity index (χ2v) is 24.8. The molecule has 10 fully saturated rings. The van der Waals surface area contributed by atoms with Crippen molar-refractivity contribution in [3.8, 4) is 0 Å². The van der Waals surface area contributed by atoms with E-state index in [-0.39, 0.29) is 0 Å². The van der Waals surface area contributed by atoms with E-state index in [4.69, 9.17) is 0 Å². The molecule has 0 nitrogen and oxygen atoms in total. The van der Waals surface area contributed by atoms with E-state index in [0.717, 1.165) is 118 Å². The number of rotatable bonds is 7. The first-order valence-electron chi connectivity index (χ1n) is 28.0. The van der Waals surface area contributed by atoms with Crippen molar-refractivity contribution in [3.63, 3.8) is 0 Å². The van der Waals surface area contributed by atoms with Gasteiger partial charge in [-0.3, -0.25) is 0 Å². The van der Waals surface area contributed by atoms with Crippen LogP contribution in [0.15, 0.2) is 24.3 Å². The van der Waals surface area contributed by atoms with Gasteiger partial charge in [0.05, 0.1) is 0 Å². The first kappa shape index (κ1) is 41.5. The highest BCUT2D eigenvalue weighted by molar-refractivity contribution is 5.12. The summed E-state index contributed by atoms with van der Waals surface area (Å²) in [6.45, 7) is 5.01. The topological polar surface area (TPSA) is 0 Å². The summed E-state index contributed by atoms with van der Waals surface area (Å²) in [4.78, 5) is 0. The number of hydrogen-bond acceptors (Lipinski definition) is 0. The zero-order valence-corrected chi connectivity index (χ0v) is 38.5. The molecular weight excluding hydrogens is 697 g/mol. The Bertz CT molecular complexity index is 1190. The Morgan fingerprint density at radius 3 is 0.759 bits per heavy atom. The SMILES string of the molecule is CC1CCC(C=CC2CCCCC2C2C3CCCCC3C(C3C4CCCCC4C(C4CCCCC4C=CC4CCC(C)CC4)C4CCCCC43)C3CCCCC32)CC1. The van der Waals surface area contributed by atoms with E-state index in [1.165, 1.54) is 77.0 Å². The normalized spacial score (nSPS) is 51.7. The van der Waals surface area contributed by atoms with Gasteiger partial charge in [-0.15, -0.1) is 0 Å². The predicted octanol–water partition coefficient (Wildman–Crippen LogP) is 17.1. The fraction of sp³-hybridized carbons (Fsp3) is 0.931. The van der Waals surface area contributed by atoms with E-state index in [1.807, 2.05) is 0 Å². The van der Waals surface area contributed by atoms with Gasteiger partial charge in [0.15, 0.2) is 0 Å². The van der Waals surface area contributed by atoms with Crippen LogP contribution in [0.4, 0.5) is 0 Å². The number of allylic oxidation sites excluding steroid dienone is 4. The van der Waals surface area contributed by atoms with Gasteiger partial charge < -0.3 is 0 Å². The summed E-state index contributed by atoms with van der Waals surface area (Å²) in [5, 5.41) is 0. The van der Waals surface area contributed by atoms with E-state index >= 15 is 0 Å². The lowest BCUT2D eigenvalue weighted by Crippen LogP contribution is -2.60. The van der Waals surface area contributed by atoms with Crippen molar-refractivity contribution in [2.24, 2.45) is 118 Å². The van der Waals surface area contributed by atoms with Crippen LogP contribution in [-0.2, 0) is 0 Å². The van der Waals surface area contributed by atoms with Crippen molar-refractivity contribution in [2.75, 3.05) is 0 Å². The van der Waals surface area contributed by atoms with E-state index < -0.39 is 0 Å². The minimum absolute atomic E-state index is 0.891. The molecule has 12 unspecified atom stereocenters. The molecule has 10 rings (SSSR count). The summed E-state index contributed by atoms with van der Waals surface area (Å²) >= 11 is 0. The maximum Gasteiger partial charge on any atom is -0.0202 e. The molecule has 0 bridgehead atoms. The summed E-state index contributed by atoms with van der Waals surface area (Å²) < 4.78 is 0. The van der Waals surface area contributed by atoms with Gasteiger partial charge >= 0.3 is 0 Å². The van der Waals surface area contributed by atoms with Gasteiger partial charge in [0.25, 0.3) is 0 Å². The van der Waals surface area contributed by atoms with Crippen LogP contribution in [0.2, 0.25) is 0 Å². The Balaban J connectivity index is 0.954. The van der Waals surface area contributed by atoms with Gasteiger partial charge in [0, 0.05) is 0 Å². The van der Waals surface area contributed by atoms with Crippen LogP contribution < -0.4 is 0 Å². The highest BCUT2D eigenvalue weighted by Gasteiger charge is 2.62. The van der Waals surface area contributed by atoms with Crippen LogP contribution >= 0.6 is 0 Å². The Kier molecular flexibility index (Phi) is 13.6. The molecule has 58 heavy (non-hydrogen) atoms. The van der Waals surface area contributed by atoms with Crippen LogP contribution in [-0.4, -0.2) is 0 Å². The molecule has 0 aliphatic heterocycles. The van der Waals surface area contributed by atoms with Gasteiger partial charge in [-0.1, -0.05) is 141 Å². The lowest BCUT2D eigenvalue weighted by atomic mass is 9.39. The number of hydrogen-bond donors (Lipinski definition) is 0. The summed E-state index contributed by atoms with van der Waals surface area (Å²) in [6.07, 6.45) is 61.1. The van der Waals surface area contributed by atoms with Gasteiger partial charge in [-0.2, -0.15) is 0 Å². The second kappa shape index (κ2) is 19.1. The Hall–Kier alpha value is -0.520. The first-order chi connectivity index (χ1) is 28.6. The molecule has 0 saturated heterocycles. The smallest absolute Gasteiger partial charge is 0.0202 e. The zero-order valence-electron chi connectivity index (χ0n) is 38.5. The summed E-state index contributed by atoms with van der Waals surface area (Å²) in [5.41, 5.74) is 0. The van der Waals surface area contributed by atoms with Crippen molar-refractivity contribution in [3.05, 3.63) is 24.3 Å².